The Bertz CT molecular complexity index is 543. The molecule has 0 aliphatic rings. The lowest BCUT2D eigenvalue weighted by Crippen LogP contribution is -2.23. The third-order valence-electron chi connectivity index (χ3n) is 2.05. The molecule has 0 spiro atoms. The minimum atomic E-state index is -4.52. The zero-order valence-electron chi connectivity index (χ0n) is 9.19. The standard InChI is InChI=1S/C11H8F3NOS2/c1-16-15-10(11(12,13)14)9-5-4-8(18-9)7-3-2-6-17-7/h2-6H,1H3/b15-10-. The molecule has 0 aliphatic carbocycles. The Morgan fingerprint density at radius 1 is 1.22 bits per heavy atom. The van der Waals surface area contributed by atoms with Crippen LogP contribution < -0.4 is 0 Å². The summed E-state index contributed by atoms with van der Waals surface area (Å²) in [5, 5.41) is 4.94. The summed E-state index contributed by atoms with van der Waals surface area (Å²) in [6, 6.07) is 6.78. The fraction of sp³-hybridized carbons (Fsp3) is 0.182. The minimum absolute atomic E-state index is 0.0488. The molecule has 18 heavy (non-hydrogen) atoms. The Balaban J connectivity index is 2.37. The highest BCUT2D eigenvalue weighted by atomic mass is 32.1. The third-order valence-corrected chi connectivity index (χ3v) is 4.21. The van der Waals surface area contributed by atoms with Crippen LogP contribution in [0.5, 0.6) is 0 Å². The average Bonchev–Trinajstić information content (AvgIpc) is 2.94. The summed E-state index contributed by atoms with van der Waals surface area (Å²) in [4.78, 5) is 6.03. The molecule has 0 radical (unpaired) electrons. The van der Waals surface area contributed by atoms with Crippen molar-refractivity contribution in [1.82, 2.24) is 0 Å². The molecule has 2 aromatic heterocycles. The van der Waals surface area contributed by atoms with E-state index in [0.717, 1.165) is 28.2 Å². The number of halogens is 3. The fourth-order valence-corrected chi connectivity index (χ4v) is 3.19. The van der Waals surface area contributed by atoms with E-state index < -0.39 is 11.9 Å². The number of oxime groups is 1. The molecule has 7 heteroatoms. The predicted octanol–water partition coefficient (Wildman–Crippen LogP) is 4.39. The van der Waals surface area contributed by atoms with Gasteiger partial charge in [-0.05, 0) is 23.6 Å². The van der Waals surface area contributed by atoms with E-state index in [-0.39, 0.29) is 4.88 Å². The normalized spacial score (nSPS) is 12.8. The van der Waals surface area contributed by atoms with Crippen LogP contribution in [0.15, 0.2) is 34.8 Å². The van der Waals surface area contributed by atoms with E-state index in [4.69, 9.17) is 0 Å². The van der Waals surface area contributed by atoms with Crippen molar-refractivity contribution in [2.45, 2.75) is 6.18 Å². The maximum Gasteiger partial charge on any atom is 0.438 e. The second-order valence-corrected chi connectivity index (χ2v) is 5.29. The molecule has 0 N–H and O–H groups in total. The summed E-state index contributed by atoms with van der Waals surface area (Å²) in [6.07, 6.45) is -4.52. The molecular weight excluding hydrogens is 283 g/mol. The Morgan fingerprint density at radius 2 is 2.00 bits per heavy atom. The van der Waals surface area contributed by atoms with Gasteiger partial charge in [0.25, 0.3) is 0 Å². The van der Waals surface area contributed by atoms with Crippen molar-refractivity contribution in [2.24, 2.45) is 5.16 Å². The molecule has 96 valence electrons. The number of alkyl halides is 3. The molecule has 0 saturated carbocycles. The van der Waals surface area contributed by atoms with Crippen molar-refractivity contribution in [3.05, 3.63) is 34.5 Å². The number of hydrogen-bond acceptors (Lipinski definition) is 4. The number of rotatable bonds is 3. The van der Waals surface area contributed by atoms with Crippen LogP contribution in [-0.4, -0.2) is 19.0 Å². The highest BCUT2D eigenvalue weighted by molar-refractivity contribution is 7.22. The highest BCUT2D eigenvalue weighted by Gasteiger charge is 2.38. The molecule has 2 heterocycles. The summed E-state index contributed by atoms with van der Waals surface area (Å²) >= 11 is 2.53. The van der Waals surface area contributed by atoms with Gasteiger partial charge in [0, 0.05) is 9.75 Å². The molecule has 0 aliphatic heterocycles. The van der Waals surface area contributed by atoms with E-state index in [9.17, 15) is 13.2 Å². The smallest absolute Gasteiger partial charge is 0.399 e. The Hall–Kier alpha value is -1.34. The van der Waals surface area contributed by atoms with Crippen LogP contribution in [0.1, 0.15) is 4.88 Å². The first-order chi connectivity index (χ1) is 8.52. The monoisotopic (exact) mass is 291 g/mol. The van der Waals surface area contributed by atoms with Gasteiger partial charge in [-0.1, -0.05) is 11.2 Å². The van der Waals surface area contributed by atoms with Crippen LogP contribution in [0, 0.1) is 0 Å². The lowest BCUT2D eigenvalue weighted by Gasteiger charge is -2.06. The largest absolute Gasteiger partial charge is 0.438 e. The van der Waals surface area contributed by atoms with Gasteiger partial charge in [-0.3, -0.25) is 0 Å². The number of thiophene rings is 2. The first-order valence-electron chi connectivity index (χ1n) is 4.85. The second-order valence-electron chi connectivity index (χ2n) is 3.26. The highest BCUT2D eigenvalue weighted by Crippen LogP contribution is 2.34. The molecule has 0 saturated heterocycles. The van der Waals surface area contributed by atoms with Gasteiger partial charge < -0.3 is 4.84 Å². The summed E-state index contributed by atoms with van der Waals surface area (Å²) in [7, 11) is 1.10. The molecule has 2 nitrogen and oxygen atoms in total. The van der Waals surface area contributed by atoms with Crippen LogP contribution in [0.3, 0.4) is 0 Å². The SMILES string of the molecule is CO/N=C(/c1ccc(-c2cccs2)s1)C(F)(F)F. The zero-order valence-corrected chi connectivity index (χ0v) is 10.8. The Labute approximate surface area is 109 Å². The molecule has 0 amide bonds. The summed E-state index contributed by atoms with van der Waals surface area (Å²) in [6.45, 7) is 0. The van der Waals surface area contributed by atoms with Crippen LogP contribution in [0.25, 0.3) is 9.75 Å². The van der Waals surface area contributed by atoms with Crippen LogP contribution in [0.2, 0.25) is 0 Å². The molecule has 0 fully saturated rings. The summed E-state index contributed by atoms with van der Waals surface area (Å²) in [5.74, 6) is 0. The fourth-order valence-electron chi connectivity index (χ4n) is 1.34. The van der Waals surface area contributed by atoms with Crippen molar-refractivity contribution >= 4 is 28.4 Å². The van der Waals surface area contributed by atoms with Gasteiger partial charge in [0.15, 0.2) is 0 Å². The topological polar surface area (TPSA) is 21.6 Å². The third kappa shape index (κ3) is 2.73. The lowest BCUT2D eigenvalue weighted by atomic mass is 10.3. The lowest BCUT2D eigenvalue weighted by molar-refractivity contribution is -0.0606. The maximum absolute atomic E-state index is 12.7. The molecule has 0 bridgehead atoms. The van der Waals surface area contributed by atoms with Gasteiger partial charge in [0.2, 0.25) is 5.71 Å². The first kappa shape index (κ1) is 13.1. The quantitative estimate of drug-likeness (QED) is 0.607. The zero-order chi connectivity index (χ0) is 13.2. The Morgan fingerprint density at radius 3 is 2.56 bits per heavy atom. The van der Waals surface area contributed by atoms with E-state index in [1.54, 1.807) is 6.07 Å². The van der Waals surface area contributed by atoms with E-state index >= 15 is 0 Å². The van der Waals surface area contributed by atoms with Gasteiger partial charge in [-0.25, -0.2) is 0 Å². The molecule has 2 rings (SSSR count). The van der Waals surface area contributed by atoms with Crippen molar-refractivity contribution < 1.29 is 18.0 Å². The molecular formula is C11H8F3NOS2. The van der Waals surface area contributed by atoms with E-state index in [1.807, 2.05) is 17.5 Å². The van der Waals surface area contributed by atoms with E-state index in [2.05, 4.69) is 9.99 Å². The minimum Gasteiger partial charge on any atom is -0.399 e. The van der Waals surface area contributed by atoms with Crippen LogP contribution in [-0.2, 0) is 4.84 Å². The van der Waals surface area contributed by atoms with Crippen molar-refractivity contribution in [3.63, 3.8) is 0 Å². The predicted molar refractivity (Wildman–Crippen MR) is 67.2 cm³/mol. The van der Waals surface area contributed by atoms with E-state index in [0.29, 0.717) is 0 Å². The van der Waals surface area contributed by atoms with Gasteiger partial charge in [-0.15, -0.1) is 22.7 Å². The molecule has 0 atom stereocenters. The van der Waals surface area contributed by atoms with Crippen LogP contribution >= 0.6 is 22.7 Å². The first-order valence-corrected chi connectivity index (χ1v) is 6.54. The average molecular weight is 291 g/mol. The number of nitrogens with zero attached hydrogens (tertiary/aromatic N) is 1. The van der Waals surface area contributed by atoms with Crippen molar-refractivity contribution in [1.29, 1.82) is 0 Å². The van der Waals surface area contributed by atoms with Gasteiger partial charge in [0.05, 0.1) is 4.88 Å². The van der Waals surface area contributed by atoms with Crippen LogP contribution in [0.4, 0.5) is 13.2 Å². The molecule has 2 aromatic rings. The summed E-state index contributed by atoms with van der Waals surface area (Å²) in [5.41, 5.74) is -1.00. The number of hydrogen-bond donors (Lipinski definition) is 0. The second kappa shape index (κ2) is 5.11. The van der Waals surface area contributed by atoms with Crippen molar-refractivity contribution in [2.75, 3.05) is 7.11 Å². The van der Waals surface area contributed by atoms with Gasteiger partial charge in [-0.2, -0.15) is 13.2 Å². The van der Waals surface area contributed by atoms with Gasteiger partial charge in [0.1, 0.15) is 7.11 Å². The maximum atomic E-state index is 12.7. The molecule has 0 unspecified atom stereocenters. The summed E-state index contributed by atoms with van der Waals surface area (Å²) < 4.78 is 38.2. The van der Waals surface area contributed by atoms with Crippen molar-refractivity contribution in [3.8, 4) is 9.75 Å². The van der Waals surface area contributed by atoms with Gasteiger partial charge >= 0.3 is 6.18 Å². The molecule has 0 aromatic carbocycles. The van der Waals surface area contributed by atoms with E-state index in [1.165, 1.54) is 17.4 Å². The Kier molecular flexibility index (Phi) is 3.72.